The van der Waals surface area contributed by atoms with Gasteiger partial charge in [-0.15, -0.1) is 0 Å². The number of carbonyl (C=O) groups excluding carboxylic acids is 1. The topological polar surface area (TPSA) is 129 Å². The first-order valence-corrected chi connectivity index (χ1v) is 5.76. The highest BCUT2D eigenvalue weighted by Gasteiger charge is 2.14. The molecule has 0 aromatic carbocycles. The number of nitrogens with zero attached hydrogens (tertiary/aromatic N) is 4. The minimum atomic E-state index is -0.631. The Morgan fingerprint density at radius 2 is 2.30 bits per heavy atom. The molecule has 0 aliphatic rings. The Bertz CT molecular complexity index is 666. The molecule has 0 unspecified atom stereocenters. The van der Waals surface area contributed by atoms with Crippen molar-refractivity contribution in [2.45, 2.75) is 6.92 Å². The van der Waals surface area contributed by atoms with Gasteiger partial charge in [-0.25, -0.2) is 9.67 Å². The molecule has 0 aliphatic carbocycles. The van der Waals surface area contributed by atoms with Crippen LogP contribution >= 0.6 is 0 Å². The molecule has 0 fully saturated rings. The molecule has 9 heteroatoms. The average molecular weight is 276 g/mol. The van der Waals surface area contributed by atoms with E-state index in [9.17, 15) is 14.9 Å². The maximum atomic E-state index is 11.0. The van der Waals surface area contributed by atoms with E-state index >= 15 is 0 Å². The number of hydrogen-bond acceptors (Lipinski definition) is 6. The second-order valence-electron chi connectivity index (χ2n) is 3.89. The summed E-state index contributed by atoms with van der Waals surface area (Å²) in [6.07, 6.45) is 2.64. The van der Waals surface area contributed by atoms with Gasteiger partial charge < -0.3 is 11.1 Å². The number of nitro groups is 1. The third-order valence-electron chi connectivity index (χ3n) is 2.47. The summed E-state index contributed by atoms with van der Waals surface area (Å²) in [5.74, 6) is -0.0518. The SMILES string of the molecule is CCNc1cc([N+](=O)[O-])cc(-n2cc(C(N)=O)cn2)n1. The maximum Gasteiger partial charge on any atom is 0.276 e. The van der Waals surface area contributed by atoms with Gasteiger partial charge in [-0.1, -0.05) is 0 Å². The number of pyridine rings is 1. The van der Waals surface area contributed by atoms with Crippen LogP contribution in [0.3, 0.4) is 0 Å². The summed E-state index contributed by atoms with van der Waals surface area (Å²) >= 11 is 0. The standard InChI is InChI=1S/C11H12N6O3/c1-2-13-9-3-8(17(19)20)4-10(15-9)16-6-7(5-14-16)11(12)18/h3-6H,2H2,1H3,(H2,12,18)(H,13,15). The van der Waals surface area contributed by atoms with Crippen LogP contribution in [-0.4, -0.2) is 32.1 Å². The summed E-state index contributed by atoms with van der Waals surface area (Å²) in [4.78, 5) is 25.6. The zero-order chi connectivity index (χ0) is 14.7. The van der Waals surface area contributed by atoms with Gasteiger partial charge in [-0.2, -0.15) is 5.10 Å². The number of nitrogens with two attached hydrogens (primary N) is 1. The van der Waals surface area contributed by atoms with Crippen molar-refractivity contribution in [1.29, 1.82) is 0 Å². The van der Waals surface area contributed by atoms with Crippen LogP contribution in [0.1, 0.15) is 17.3 Å². The van der Waals surface area contributed by atoms with E-state index in [0.29, 0.717) is 12.4 Å². The molecule has 1 amide bonds. The third kappa shape index (κ3) is 2.71. The smallest absolute Gasteiger partial charge is 0.276 e. The average Bonchev–Trinajstić information content (AvgIpc) is 2.88. The van der Waals surface area contributed by atoms with Crippen LogP contribution in [0, 0.1) is 10.1 Å². The van der Waals surface area contributed by atoms with Gasteiger partial charge in [0, 0.05) is 12.7 Å². The second kappa shape index (κ2) is 5.34. The zero-order valence-electron chi connectivity index (χ0n) is 10.6. The fraction of sp³-hybridized carbons (Fsp3) is 0.182. The highest BCUT2D eigenvalue weighted by Crippen LogP contribution is 2.19. The van der Waals surface area contributed by atoms with E-state index in [1.54, 1.807) is 0 Å². The molecule has 0 saturated heterocycles. The molecular formula is C11H12N6O3. The highest BCUT2D eigenvalue weighted by molar-refractivity contribution is 5.92. The fourth-order valence-electron chi connectivity index (χ4n) is 1.57. The summed E-state index contributed by atoms with van der Waals surface area (Å²) in [5, 5.41) is 17.7. The lowest BCUT2D eigenvalue weighted by Crippen LogP contribution is -2.09. The van der Waals surface area contributed by atoms with Crippen LogP contribution in [0.25, 0.3) is 5.82 Å². The monoisotopic (exact) mass is 276 g/mol. The molecule has 0 aliphatic heterocycles. The van der Waals surface area contributed by atoms with Gasteiger partial charge in [-0.3, -0.25) is 14.9 Å². The Morgan fingerprint density at radius 1 is 1.55 bits per heavy atom. The van der Waals surface area contributed by atoms with Crippen molar-refractivity contribution in [2.75, 3.05) is 11.9 Å². The fourth-order valence-corrected chi connectivity index (χ4v) is 1.57. The highest BCUT2D eigenvalue weighted by atomic mass is 16.6. The van der Waals surface area contributed by atoms with E-state index < -0.39 is 10.8 Å². The van der Waals surface area contributed by atoms with E-state index in [4.69, 9.17) is 5.73 Å². The molecule has 0 saturated carbocycles. The van der Waals surface area contributed by atoms with Gasteiger partial charge >= 0.3 is 0 Å². The molecule has 2 aromatic rings. The minimum Gasteiger partial charge on any atom is -0.370 e. The number of aromatic nitrogens is 3. The molecule has 20 heavy (non-hydrogen) atoms. The van der Waals surface area contributed by atoms with Crippen LogP contribution in [0.15, 0.2) is 24.5 Å². The van der Waals surface area contributed by atoms with Crippen molar-refractivity contribution in [1.82, 2.24) is 14.8 Å². The van der Waals surface area contributed by atoms with Crippen LogP contribution < -0.4 is 11.1 Å². The number of rotatable bonds is 5. The molecule has 0 radical (unpaired) electrons. The van der Waals surface area contributed by atoms with Crippen molar-refractivity contribution in [3.8, 4) is 5.82 Å². The summed E-state index contributed by atoms with van der Waals surface area (Å²) in [5.41, 5.74) is 5.20. The molecule has 3 N–H and O–H groups in total. The van der Waals surface area contributed by atoms with Crippen molar-refractivity contribution in [3.05, 3.63) is 40.2 Å². The predicted molar refractivity (Wildman–Crippen MR) is 70.7 cm³/mol. The number of primary amides is 1. The molecule has 2 rings (SSSR count). The van der Waals surface area contributed by atoms with Gasteiger partial charge in [0.25, 0.3) is 11.6 Å². The van der Waals surface area contributed by atoms with E-state index in [1.165, 1.54) is 29.2 Å². The van der Waals surface area contributed by atoms with E-state index in [1.807, 2.05) is 6.92 Å². The second-order valence-corrected chi connectivity index (χ2v) is 3.89. The summed E-state index contributed by atoms with van der Waals surface area (Å²) in [6.45, 7) is 2.42. The summed E-state index contributed by atoms with van der Waals surface area (Å²) in [6, 6.07) is 2.59. The number of amides is 1. The molecule has 104 valence electrons. The zero-order valence-corrected chi connectivity index (χ0v) is 10.6. The molecule has 0 atom stereocenters. The van der Waals surface area contributed by atoms with E-state index in [2.05, 4.69) is 15.4 Å². The van der Waals surface area contributed by atoms with Crippen molar-refractivity contribution >= 4 is 17.4 Å². The Labute approximate surface area is 113 Å². The van der Waals surface area contributed by atoms with E-state index in [0.717, 1.165) is 0 Å². The molecule has 9 nitrogen and oxygen atoms in total. The van der Waals surface area contributed by atoms with Gasteiger partial charge in [0.15, 0.2) is 5.82 Å². The van der Waals surface area contributed by atoms with Crippen molar-refractivity contribution < 1.29 is 9.72 Å². The number of hydrogen-bond donors (Lipinski definition) is 2. The van der Waals surface area contributed by atoms with Crippen LogP contribution in [0.2, 0.25) is 0 Å². The Balaban J connectivity index is 2.48. The molecule has 2 aromatic heterocycles. The quantitative estimate of drug-likeness (QED) is 0.611. The Hall–Kier alpha value is -2.97. The largest absolute Gasteiger partial charge is 0.370 e. The van der Waals surface area contributed by atoms with Gasteiger partial charge in [0.05, 0.1) is 28.8 Å². The number of anilines is 1. The van der Waals surface area contributed by atoms with Crippen LogP contribution in [0.4, 0.5) is 11.5 Å². The molecular weight excluding hydrogens is 264 g/mol. The molecule has 0 spiro atoms. The summed E-state index contributed by atoms with van der Waals surface area (Å²) < 4.78 is 1.26. The Morgan fingerprint density at radius 3 is 2.85 bits per heavy atom. The van der Waals surface area contributed by atoms with Crippen molar-refractivity contribution in [2.24, 2.45) is 5.73 Å². The third-order valence-corrected chi connectivity index (χ3v) is 2.47. The normalized spacial score (nSPS) is 10.2. The molecule has 2 heterocycles. The van der Waals surface area contributed by atoms with Gasteiger partial charge in [0.2, 0.25) is 0 Å². The lowest BCUT2D eigenvalue weighted by atomic mass is 10.3. The molecule has 0 bridgehead atoms. The maximum absolute atomic E-state index is 11.0. The Kier molecular flexibility index (Phi) is 3.60. The number of carbonyl (C=O) groups is 1. The first kappa shape index (κ1) is 13.5. The predicted octanol–water partition coefficient (Wildman–Crippen LogP) is 0.706. The number of nitrogens with one attached hydrogen (secondary N) is 1. The minimum absolute atomic E-state index is 0.123. The van der Waals surface area contributed by atoms with Crippen LogP contribution in [0.5, 0.6) is 0 Å². The van der Waals surface area contributed by atoms with Crippen molar-refractivity contribution in [3.63, 3.8) is 0 Å². The van der Waals surface area contributed by atoms with E-state index in [-0.39, 0.29) is 17.1 Å². The lowest BCUT2D eigenvalue weighted by Gasteiger charge is -2.05. The van der Waals surface area contributed by atoms with Gasteiger partial charge in [0.1, 0.15) is 5.82 Å². The lowest BCUT2D eigenvalue weighted by molar-refractivity contribution is -0.384. The van der Waals surface area contributed by atoms with Crippen LogP contribution in [-0.2, 0) is 0 Å². The first-order chi connectivity index (χ1) is 9.51. The summed E-state index contributed by atoms with van der Waals surface area (Å²) in [7, 11) is 0. The van der Waals surface area contributed by atoms with Gasteiger partial charge in [-0.05, 0) is 6.92 Å². The first-order valence-electron chi connectivity index (χ1n) is 5.76.